The lowest BCUT2D eigenvalue weighted by Crippen LogP contribution is -2.01. The molecule has 0 N–H and O–H groups in total. The van der Waals surface area contributed by atoms with Gasteiger partial charge < -0.3 is 4.57 Å². The largest absolute Gasteiger partial charge is 0.302 e. The van der Waals surface area contributed by atoms with E-state index in [4.69, 9.17) is 16.9 Å². The summed E-state index contributed by atoms with van der Waals surface area (Å²) in [5.41, 5.74) is 0.444. The van der Waals surface area contributed by atoms with Crippen molar-refractivity contribution in [2.75, 3.05) is 0 Å². The molecule has 0 atom stereocenters. The third-order valence-electron chi connectivity index (χ3n) is 3.46. The van der Waals surface area contributed by atoms with Gasteiger partial charge in [0.15, 0.2) is 10.3 Å². The van der Waals surface area contributed by atoms with E-state index in [1.807, 2.05) is 0 Å². The number of nitriles is 1. The van der Waals surface area contributed by atoms with Crippen LogP contribution in [0.4, 0.5) is 0 Å². The molecule has 0 unspecified atom stereocenters. The zero-order valence-electron chi connectivity index (χ0n) is 10.4. The van der Waals surface area contributed by atoms with E-state index in [2.05, 4.69) is 25.2 Å². The van der Waals surface area contributed by atoms with Gasteiger partial charge >= 0.3 is 0 Å². The molecule has 102 valence electrons. The minimum absolute atomic E-state index is 0.278. The van der Waals surface area contributed by atoms with Crippen molar-refractivity contribution in [2.45, 2.75) is 47.0 Å². The maximum atomic E-state index is 9.14. The monoisotopic (exact) mass is 323 g/mol. The molecular formula is C12H10ClN5S2. The number of halogens is 1. The predicted molar refractivity (Wildman–Crippen MR) is 76.2 cm³/mol. The molecule has 2 aromatic heterocycles. The molecule has 2 aromatic rings. The lowest BCUT2D eigenvalue weighted by Gasteiger charge is -2.06. The maximum absolute atomic E-state index is 9.14. The Morgan fingerprint density at radius 2 is 2.10 bits per heavy atom. The SMILES string of the molecule is N#Cc1c(Cl)nsc1Sc1nnc(C2CC2)n1C1CC1. The predicted octanol–water partition coefficient (Wildman–Crippen LogP) is 3.62. The van der Waals surface area contributed by atoms with Gasteiger partial charge in [-0.3, -0.25) is 0 Å². The molecule has 0 bridgehead atoms. The summed E-state index contributed by atoms with van der Waals surface area (Å²) in [6.07, 6.45) is 4.82. The van der Waals surface area contributed by atoms with Crippen molar-refractivity contribution in [1.29, 1.82) is 5.26 Å². The van der Waals surface area contributed by atoms with E-state index in [-0.39, 0.29) is 5.15 Å². The van der Waals surface area contributed by atoms with E-state index in [0.717, 1.165) is 15.2 Å². The van der Waals surface area contributed by atoms with Gasteiger partial charge in [0.25, 0.3) is 0 Å². The number of hydrogen-bond acceptors (Lipinski definition) is 6. The molecule has 5 nitrogen and oxygen atoms in total. The van der Waals surface area contributed by atoms with Crippen LogP contribution in [0, 0.1) is 11.3 Å². The maximum Gasteiger partial charge on any atom is 0.197 e. The van der Waals surface area contributed by atoms with Gasteiger partial charge in [0, 0.05) is 12.0 Å². The summed E-state index contributed by atoms with van der Waals surface area (Å²) in [7, 11) is 0. The topological polar surface area (TPSA) is 67.4 Å². The van der Waals surface area contributed by atoms with Crippen LogP contribution >= 0.6 is 34.9 Å². The molecule has 0 aromatic carbocycles. The highest BCUT2D eigenvalue weighted by Gasteiger charge is 2.36. The summed E-state index contributed by atoms with van der Waals surface area (Å²) in [5, 5.41) is 19.0. The van der Waals surface area contributed by atoms with Crippen LogP contribution in [-0.4, -0.2) is 19.1 Å². The molecule has 20 heavy (non-hydrogen) atoms. The molecule has 0 spiro atoms. The van der Waals surface area contributed by atoms with E-state index in [9.17, 15) is 0 Å². The average Bonchev–Trinajstić information content (AvgIpc) is 3.36. The number of aromatic nitrogens is 4. The van der Waals surface area contributed by atoms with Gasteiger partial charge in [0.1, 0.15) is 21.7 Å². The summed E-state index contributed by atoms with van der Waals surface area (Å²) in [5.74, 6) is 1.70. The van der Waals surface area contributed by atoms with E-state index >= 15 is 0 Å². The number of hydrogen-bond donors (Lipinski definition) is 0. The van der Waals surface area contributed by atoms with Gasteiger partial charge in [-0.1, -0.05) is 11.6 Å². The Hall–Kier alpha value is -1.10. The van der Waals surface area contributed by atoms with Crippen molar-refractivity contribution in [3.63, 3.8) is 0 Å². The first-order chi connectivity index (χ1) is 9.78. The molecule has 2 aliphatic rings. The smallest absolute Gasteiger partial charge is 0.197 e. The lowest BCUT2D eigenvalue weighted by atomic mass is 10.4. The summed E-state index contributed by atoms with van der Waals surface area (Å²) in [4.78, 5) is 0. The lowest BCUT2D eigenvalue weighted by molar-refractivity contribution is 0.627. The molecule has 8 heteroatoms. The standard InChI is InChI=1S/C12H10ClN5S2/c13-9-8(5-14)11(20-17-9)19-12-16-15-10(6-1-2-6)18(12)7-3-4-7/h6-7H,1-4H2. The highest BCUT2D eigenvalue weighted by molar-refractivity contribution is 8.01. The van der Waals surface area contributed by atoms with Crippen molar-refractivity contribution in [1.82, 2.24) is 19.1 Å². The van der Waals surface area contributed by atoms with Crippen molar-refractivity contribution in [2.24, 2.45) is 0 Å². The highest BCUT2D eigenvalue weighted by Crippen LogP contribution is 2.47. The summed E-state index contributed by atoms with van der Waals surface area (Å²) < 4.78 is 7.10. The zero-order chi connectivity index (χ0) is 13.7. The molecule has 2 aliphatic carbocycles. The first-order valence-electron chi connectivity index (χ1n) is 6.46. The second kappa shape index (κ2) is 4.72. The minimum atomic E-state index is 0.278. The first-order valence-corrected chi connectivity index (χ1v) is 8.42. The average molecular weight is 324 g/mol. The van der Waals surface area contributed by atoms with E-state index in [0.29, 0.717) is 17.5 Å². The van der Waals surface area contributed by atoms with Crippen LogP contribution in [0.25, 0.3) is 0 Å². The van der Waals surface area contributed by atoms with Gasteiger partial charge in [0.05, 0.1) is 0 Å². The Morgan fingerprint density at radius 1 is 1.30 bits per heavy atom. The fraction of sp³-hybridized carbons (Fsp3) is 0.500. The number of rotatable bonds is 4. The van der Waals surface area contributed by atoms with Crippen molar-refractivity contribution in [3.05, 3.63) is 16.5 Å². The van der Waals surface area contributed by atoms with Crippen molar-refractivity contribution < 1.29 is 0 Å². The summed E-state index contributed by atoms with van der Waals surface area (Å²) in [6.45, 7) is 0. The molecule has 2 fully saturated rings. The van der Waals surface area contributed by atoms with Gasteiger partial charge in [-0.25, -0.2) is 0 Å². The Morgan fingerprint density at radius 3 is 2.75 bits per heavy atom. The van der Waals surface area contributed by atoms with Gasteiger partial charge in [-0.15, -0.1) is 10.2 Å². The Labute approximate surface area is 129 Å². The second-order valence-corrected chi connectivity index (χ2v) is 7.43. The Kier molecular flexibility index (Phi) is 2.98. The van der Waals surface area contributed by atoms with E-state index in [1.54, 1.807) is 0 Å². The van der Waals surface area contributed by atoms with Crippen LogP contribution in [0.2, 0.25) is 5.15 Å². The normalized spacial score (nSPS) is 18.2. The fourth-order valence-electron chi connectivity index (χ4n) is 2.16. The Balaban J connectivity index is 1.70. The first kappa shape index (κ1) is 12.6. The second-order valence-electron chi connectivity index (χ2n) is 5.07. The summed E-state index contributed by atoms with van der Waals surface area (Å²) in [6, 6.07) is 2.65. The quantitative estimate of drug-likeness (QED) is 0.859. The van der Waals surface area contributed by atoms with Crippen LogP contribution in [0.1, 0.15) is 49.0 Å². The minimum Gasteiger partial charge on any atom is -0.302 e. The van der Waals surface area contributed by atoms with Crippen LogP contribution < -0.4 is 0 Å². The van der Waals surface area contributed by atoms with Crippen molar-refractivity contribution >= 4 is 34.9 Å². The van der Waals surface area contributed by atoms with Crippen LogP contribution in [0.5, 0.6) is 0 Å². The van der Waals surface area contributed by atoms with Crippen molar-refractivity contribution in [3.8, 4) is 6.07 Å². The van der Waals surface area contributed by atoms with Crippen LogP contribution in [0.15, 0.2) is 9.37 Å². The molecule has 0 amide bonds. The molecule has 0 saturated heterocycles. The van der Waals surface area contributed by atoms with Gasteiger partial charge in [0.2, 0.25) is 0 Å². The van der Waals surface area contributed by atoms with Gasteiger partial charge in [-0.05, 0) is 49.0 Å². The van der Waals surface area contributed by atoms with E-state index < -0.39 is 0 Å². The molecule has 2 heterocycles. The van der Waals surface area contributed by atoms with E-state index in [1.165, 1.54) is 49.0 Å². The van der Waals surface area contributed by atoms with Crippen LogP contribution in [0.3, 0.4) is 0 Å². The third kappa shape index (κ3) is 2.12. The molecule has 0 aliphatic heterocycles. The Bertz CT molecular complexity index is 708. The van der Waals surface area contributed by atoms with Gasteiger partial charge in [-0.2, -0.15) is 9.64 Å². The fourth-order valence-corrected chi connectivity index (χ4v) is 4.31. The summed E-state index contributed by atoms with van der Waals surface area (Å²) >= 11 is 8.62. The highest BCUT2D eigenvalue weighted by atomic mass is 35.5. The molecular weight excluding hydrogens is 314 g/mol. The third-order valence-corrected chi connectivity index (χ3v) is 5.80. The van der Waals surface area contributed by atoms with Crippen LogP contribution in [-0.2, 0) is 0 Å². The number of nitrogens with zero attached hydrogens (tertiary/aromatic N) is 5. The zero-order valence-corrected chi connectivity index (χ0v) is 12.8. The molecule has 0 radical (unpaired) electrons. The molecule has 4 rings (SSSR count). The molecule has 2 saturated carbocycles.